The van der Waals surface area contributed by atoms with E-state index in [0.717, 1.165) is 18.4 Å². The number of aryl methyl sites for hydroxylation is 1. The van der Waals surface area contributed by atoms with Crippen LogP contribution in [0.15, 0.2) is 54.3 Å². The Kier molecular flexibility index (Phi) is 8.27. The zero-order valence-corrected chi connectivity index (χ0v) is 24.5. The van der Waals surface area contributed by atoms with E-state index >= 15 is 0 Å². The van der Waals surface area contributed by atoms with Gasteiger partial charge in [-0.05, 0) is 61.6 Å². The molecular weight excluding hydrogens is 614 g/mol. The molecule has 1 saturated heterocycles. The van der Waals surface area contributed by atoms with Gasteiger partial charge in [0.15, 0.2) is 0 Å². The Morgan fingerprint density at radius 1 is 1.29 bits per heavy atom. The predicted octanol–water partition coefficient (Wildman–Crippen LogP) is 7.16. The molecule has 1 aliphatic carbocycles. The fraction of sp³-hybridized carbons (Fsp3) is 0.357. The summed E-state index contributed by atoms with van der Waals surface area (Å²) in [4.78, 5) is 20.4. The van der Waals surface area contributed by atoms with Crippen molar-refractivity contribution in [2.45, 2.75) is 57.0 Å². The van der Waals surface area contributed by atoms with Gasteiger partial charge in [-0.3, -0.25) is 10.1 Å². The van der Waals surface area contributed by atoms with E-state index in [1.807, 2.05) is 5.38 Å². The maximum atomic E-state index is 14.6. The summed E-state index contributed by atoms with van der Waals surface area (Å²) in [5.41, 5.74) is 1.42. The van der Waals surface area contributed by atoms with E-state index < -0.39 is 24.3 Å². The second-order valence-electron chi connectivity index (χ2n) is 10.5. The first-order valence-electron chi connectivity index (χ1n) is 13.0. The highest BCUT2D eigenvalue weighted by molar-refractivity contribution is 7.17. The lowest BCUT2D eigenvalue weighted by Crippen LogP contribution is -2.33. The molecule has 0 amide bonds. The van der Waals surface area contributed by atoms with Gasteiger partial charge in [-0.2, -0.15) is 18.3 Å². The number of carboxylic acid groups (broad SMARTS) is 1. The summed E-state index contributed by atoms with van der Waals surface area (Å²) in [6, 6.07) is 4.67. The number of nitrogens with zero attached hydrogens (tertiary/aromatic N) is 4. The van der Waals surface area contributed by atoms with Gasteiger partial charge in [0.05, 0.1) is 16.9 Å². The average Bonchev–Trinajstić information content (AvgIpc) is 3.65. The summed E-state index contributed by atoms with van der Waals surface area (Å²) in [5, 5.41) is 19.4. The fourth-order valence-electron chi connectivity index (χ4n) is 5.94. The molecule has 1 spiro atoms. The van der Waals surface area contributed by atoms with Crippen molar-refractivity contribution in [3.63, 3.8) is 0 Å². The summed E-state index contributed by atoms with van der Waals surface area (Å²) >= 11 is 7.34. The molecule has 3 aromatic heterocycles. The third-order valence-electron chi connectivity index (χ3n) is 7.82. The van der Waals surface area contributed by atoms with E-state index in [-0.39, 0.29) is 46.0 Å². The van der Waals surface area contributed by atoms with Crippen molar-refractivity contribution in [2.24, 2.45) is 5.41 Å². The van der Waals surface area contributed by atoms with Crippen LogP contribution in [-0.2, 0) is 4.79 Å². The molecule has 42 heavy (non-hydrogen) atoms. The zero-order chi connectivity index (χ0) is 28.9. The summed E-state index contributed by atoms with van der Waals surface area (Å²) in [5.74, 6) is -1.14. The summed E-state index contributed by atoms with van der Waals surface area (Å²) < 4.78 is 51.2. The molecule has 2 aliphatic rings. The van der Waals surface area contributed by atoms with Crippen LogP contribution in [-0.4, -0.2) is 43.0 Å². The van der Waals surface area contributed by atoms with Crippen molar-refractivity contribution < 1.29 is 27.8 Å². The number of hydrogen-bond donors (Lipinski definition) is 2. The predicted molar refractivity (Wildman–Crippen MR) is 155 cm³/mol. The Bertz CT molecular complexity index is 1660. The van der Waals surface area contributed by atoms with Crippen LogP contribution in [0.3, 0.4) is 0 Å². The van der Waals surface area contributed by atoms with E-state index in [9.17, 15) is 23.1 Å². The molecule has 8 nitrogen and oxygen atoms in total. The van der Waals surface area contributed by atoms with Crippen molar-refractivity contribution in [3.05, 3.63) is 76.2 Å². The maximum absolute atomic E-state index is 14.6. The number of allylic oxidation sites excluding steroid dienone is 2. The molecule has 222 valence electrons. The first-order valence-corrected chi connectivity index (χ1v) is 14.2. The molecule has 1 fully saturated rings. The van der Waals surface area contributed by atoms with E-state index in [4.69, 9.17) is 16.3 Å². The molecule has 4 aromatic rings. The molecule has 14 heteroatoms. The first kappa shape index (κ1) is 30.3. The van der Waals surface area contributed by atoms with Gasteiger partial charge >= 0.3 is 12.1 Å². The van der Waals surface area contributed by atoms with Gasteiger partial charge in [0.25, 0.3) is 0 Å². The zero-order valence-electron chi connectivity index (χ0n) is 22.1. The van der Waals surface area contributed by atoms with Gasteiger partial charge in [-0.1, -0.05) is 29.8 Å². The number of aromatic nitrogens is 4. The van der Waals surface area contributed by atoms with Crippen LogP contribution in [0, 0.1) is 12.3 Å². The molecule has 0 bridgehead atoms. The fourth-order valence-corrected chi connectivity index (χ4v) is 7.08. The number of benzene rings is 1. The topological polar surface area (TPSA) is 102 Å². The number of thiophene rings is 1. The van der Waals surface area contributed by atoms with Gasteiger partial charge in [0.2, 0.25) is 12.0 Å². The minimum absolute atomic E-state index is 0. The second-order valence-corrected chi connectivity index (χ2v) is 11.8. The molecule has 4 atom stereocenters. The summed E-state index contributed by atoms with van der Waals surface area (Å²) in [6.45, 7) is 1.73. The van der Waals surface area contributed by atoms with E-state index in [2.05, 4.69) is 32.5 Å². The van der Waals surface area contributed by atoms with E-state index in [0.29, 0.717) is 28.8 Å². The number of alkyl halides is 3. The summed E-state index contributed by atoms with van der Waals surface area (Å²) in [6.07, 6.45) is 2.47. The normalized spacial score (nSPS) is 22.8. The van der Waals surface area contributed by atoms with Crippen LogP contribution in [0.1, 0.15) is 54.6 Å². The monoisotopic (exact) mass is 639 g/mol. The molecule has 3 unspecified atom stereocenters. The number of fused-ring (bicyclic) bond motifs is 1. The Morgan fingerprint density at radius 2 is 2.10 bits per heavy atom. The van der Waals surface area contributed by atoms with Gasteiger partial charge < -0.3 is 9.84 Å². The highest BCUT2D eigenvalue weighted by Crippen LogP contribution is 2.54. The van der Waals surface area contributed by atoms with Gasteiger partial charge in [0, 0.05) is 28.4 Å². The second kappa shape index (κ2) is 11.5. The molecule has 6 rings (SSSR count). The van der Waals surface area contributed by atoms with Crippen LogP contribution in [0.5, 0.6) is 5.88 Å². The minimum Gasteiger partial charge on any atom is -0.480 e. The number of hydrogen-bond acceptors (Lipinski definition) is 7. The van der Waals surface area contributed by atoms with Crippen molar-refractivity contribution in [3.8, 4) is 11.6 Å². The van der Waals surface area contributed by atoms with Crippen LogP contribution >= 0.6 is 35.3 Å². The first-order chi connectivity index (χ1) is 19.6. The Balaban J connectivity index is 0.00000353. The van der Waals surface area contributed by atoms with Gasteiger partial charge in [-0.15, -0.1) is 23.7 Å². The lowest BCUT2D eigenvalue weighted by Gasteiger charge is -2.36. The Morgan fingerprint density at radius 3 is 2.76 bits per heavy atom. The van der Waals surface area contributed by atoms with Crippen molar-refractivity contribution >= 4 is 51.5 Å². The van der Waals surface area contributed by atoms with Crippen LogP contribution in [0.4, 0.5) is 13.2 Å². The quantitative estimate of drug-likeness (QED) is 0.216. The van der Waals surface area contributed by atoms with Crippen molar-refractivity contribution in [2.75, 3.05) is 0 Å². The van der Waals surface area contributed by atoms with Crippen LogP contribution < -0.4 is 10.1 Å². The lowest BCUT2D eigenvalue weighted by molar-refractivity contribution is -0.198. The SMILES string of the molecule is Cc1ccn(-c2cc(Cl)ccc2[C@@H](Oc2ncnc3c(C4NC(C(=O)O)CC45CC=CCC5)csc23)C(F)(F)F)n1.Cl. The average molecular weight is 641 g/mol. The van der Waals surface area contributed by atoms with Crippen molar-refractivity contribution in [1.29, 1.82) is 0 Å². The Labute approximate surface area is 254 Å². The van der Waals surface area contributed by atoms with Gasteiger partial charge in [-0.25, -0.2) is 14.6 Å². The lowest BCUT2D eigenvalue weighted by atomic mass is 9.69. The maximum Gasteiger partial charge on any atom is 0.429 e. The van der Waals surface area contributed by atoms with Crippen LogP contribution in [0.25, 0.3) is 15.9 Å². The molecule has 1 aliphatic heterocycles. The van der Waals surface area contributed by atoms with Crippen molar-refractivity contribution in [1.82, 2.24) is 25.1 Å². The molecule has 1 aromatic carbocycles. The van der Waals surface area contributed by atoms with E-state index in [1.165, 1.54) is 40.5 Å². The smallest absolute Gasteiger partial charge is 0.429 e. The molecule has 2 N–H and O–H groups in total. The van der Waals surface area contributed by atoms with Gasteiger partial charge in [0.1, 0.15) is 17.1 Å². The molecular formula is C28H26Cl2F3N5O3S. The summed E-state index contributed by atoms with van der Waals surface area (Å²) in [7, 11) is 0. The third-order valence-corrected chi connectivity index (χ3v) is 9.03. The standard InChI is InChI=1S/C28H25ClF3N5O3S.ClH/c1-15-7-10-37(36-15)20-11-16(29)5-6-17(20)24(28(30,31)32)40-25-22-21(33-14-34-25)18(13-41-22)23-27(8-3-2-4-9-27)12-19(35-23)26(38)39;/h2-3,5-7,10-11,13-14,19,23-24,35H,4,8-9,12H2,1H3,(H,38,39);1H/t19?,23?,24-,27?;/m1./s1. The highest BCUT2D eigenvalue weighted by Gasteiger charge is 2.50. The number of ether oxygens (including phenoxy) is 1. The number of aliphatic carboxylic acids is 1. The largest absolute Gasteiger partial charge is 0.480 e. The number of rotatable bonds is 6. The highest BCUT2D eigenvalue weighted by atomic mass is 35.5. The minimum atomic E-state index is -4.80. The number of carbonyl (C=O) groups is 1. The number of nitrogens with one attached hydrogen (secondary N) is 1. The molecule has 0 saturated carbocycles. The third kappa shape index (κ3) is 5.48. The Hall–Kier alpha value is -3.19. The van der Waals surface area contributed by atoms with E-state index in [1.54, 1.807) is 19.2 Å². The molecule has 4 heterocycles. The molecule has 0 radical (unpaired) electrons. The van der Waals surface area contributed by atoms with Crippen LogP contribution in [0.2, 0.25) is 5.02 Å². The number of carboxylic acids is 1. The number of halogens is 5.